The topological polar surface area (TPSA) is 58.6 Å². The van der Waals surface area contributed by atoms with E-state index < -0.39 is 0 Å². The number of anilines is 1. The first-order valence-electron chi connectivity index (χ1n) is 14.0. The second-order valence-corrected chi connectivity index (χ2v) is 11.8. The molecule has 0 N–H and O–H groups in total. The van der Waals surface area contributed by atoms with Crippen LogP contribution in [0.4, 0.5) is 5.95 Å². The highest BCUT2D eigenvalue weighted by atomic mass is 32.2. The number of hydrogen-bond donors (Lipinski definition) is 0. The van der Waals surface area contributed by atoms with Crippen molar-refractivity contribution in [2.75, 3.05) is 49.2 Å². The van der Waals surface area contributed by atoms with Crippen molar-refractivity contribution >= 4 is 29.2 Å². The minimum Gasteiger partial charge on any atom is -0.493 e. The molecule has 1 aromatic heterocycles. The molecule has 37 heavy (non-hydrogen) atoms. The van der Waals surface area contributed by atoms with Gasteiger partial charge in [-0.15, -0.1) is 0 Å². The Morgan fingerprint density at radius 3 is 2.49 bits per heavy atom. The number of nitrogens with zero attached hydrogens (tertiary/aromatic N) is 4. The molecule has 1 atom stereocenters. The highest BCUT2D eigenvalue weighted by Crippen LogP contribution is 2.34. The quantitative estimate of drug-likeness (QED) is 0.487. The number of aromatic nitrogens is 2. The van der Waals surface area contributed by atoms with Gasteiger partial charge in [-0.25, -0.2) is 9.97 Å². The lowest BCUT2D eigenvalue weighted by Gasteiger charge is -2.32. The molecule has 7 heteroatoms. The Morgan fingerprint density at radius 1 is 1.08 bits per heavy atom. The van der Waals surface area contributed by atoms with Gasteiger partial charge >= 0.3 is 0 Å². The predicted octanol–water partition coefficient (Wildman–Crippen LogP) is 5.40. The molecule has 1 amide bonds. The fraction of sp³-hybridized carbons (Fsp3) is 0.567. The number of aryl methyl sites for hydroxylation is 2. The van der Waals surface area contributed by atoms with E-state index in [0.29, 0.717) is 11.8 Å². The first kappa shape index (κ1) is 26.1. The van der Waals surface area contributed by atoms with Crippen LogP contribution in [0, 0.1) is 18.8 Å². The van der Waals surface area contributed by atoms with E-state index in [1.54, 1.807) is 0 Å². The van der Waals surface area contributed by atoms with E-state index in [1.807, 2.05) is 24.2 Å². The zero-order valence-electron chi connectivity index (χ0n) is 22.3. The number of carbonyl (C=O) groups excluding carboxylic acids is 1. The third-order valence-corrected chi connectivity index (χ3v) is 9.04. The highest BCUT2D eigenvalue weighted by molar-refractivity contribution is 7.99. The van der Waals surface area contributed by atoms with Crippen molar-refractivity contribution in [3.63, 3.8) is 0 Å². The molecule has 5 rings (SSSR count). The fourth-order valence-corrected chi connectivity index (χ4v) is 6.48. The minimum atomic E-state index is 0.157. The van der Waals surface area contributed by atoms with Gasteiger partial charge in [-0.05, 0) is 85.8 Å². The van der Waals surface area contributed by atoms with Crippen LogP contribution in [-0.2, 0) is 11.2 Å². The van der Waals surface area contributed by atoms with Gasteiger partial charge in [-0.1, -0.05) is 19.1 Å². The zero-order valence-corrected chi connectivity index (χ0v) is 23.1. The lowest BCUT2D eigenvalue weighted by Crippen LogP contribution is -2.41. The number of allylic oxidation sites excluding steroid dienone is 2. The van der Waals surface area contributed by atoms with Gasteiger partial charge in [0.2, 0.25) is 11.9 Å². The summed E-state index contributed by atoms with van der Waals surface area (Å²) in [6.45, 7) is 8.81. The van der Waals surface area contributed by atoms with Crippen molar-refractivity contribution in [3.8, 4) is 5.75 Å². The van der Waals surface area contributed by atoms with Crippen LogP contribution in [0.25, 0.3) is 5.57 Å². The Labute approximate surface area is 225 Å². The van der Waals surface area contributed by atoms with Crippen LogP contribution in [0.1, 0.15) is 55.7 Å². The van der Waals surface area contributed by atoms with Crippen LogP contribution in [0.3, 0.4) is 0 Å². The maximum absolute atomic E-state index is 12.9. The SMILES string of the molecule is CCc1cnc(N2CCC(COc3ccc(C4=CCC(C(=O)N5CCSCC5)CC4)cc3C)CC2)nc1. The summed E-state index contributed by atoms with van der Waals surface area (Å²) in [5.41, 5.74) is 5.01. The number of rotatable bonds is 7. The molecule has 2 fully saturated rings. The Balaban J connectivity index is 1.10. The molecular formula is C30H40N4O2S. The van der Waals surface area contributed by atoms with E-state index in [1.165, 1.54) is 22.3 Å². The Bertz CT molecular complexity index is 1090. The summed E-state index contributed by atoms with van der Waals surface area (Å²) in [5.74, 6) is 5.06. The van der Waals surface area contributed by atoms with Crippen LogP contribution in [-0.4, -0.2) is 65.1 Å². The van der Waals surface area contributed by atoms with Crippen LogP contribution < -0.4 is 9.64 Å². The number of piperidine rings is 1. The van der Waals surface area contributed by atoms with Gasteiger partial charge < -0.3 is 14.5 Å². The van der Waals surface area contributed by atoms with Crippen molar-refractivity contribution < 1.29 is 9.53 Å². The molecular weight excluding hydrogens is 480 g/mol. The van der Waals surface area contributed by atoms with E-state index >= 15 is 0 Å². The van der Waals surface area contributed by atoms with Crippen molar-refractivity contribution in [3.05, 3.63) is 53.4 Å². The summed E-state index contributed by atoms with van der Waals surface area (Å²) >= 11 is 1.95. The van der Waals surface area contributed by atoms with Gasteiger partial charge in [0, 0.05) is 56.0 Å². The van der Waals surface area contributed by atoms with Gasteiger partial charge in [-0.2, -0.15) is 11.8 Å². The van der Waals surface area contributed by atoms with Gasteiger partial charge in [0.1, 0.15) is 5.75 Å². The monoisotopic (exact) mass is 520 g/mol. The molecule has 1 unspecified atom stereocenters. The van der Waals surface area contributed by atoms with Crippen molar-refractivity contribution in [1.29, 1.82) is 0 Å². The molecule has 198 valence electrons. The van der Waals surface area contributed by atoms with E-state index in [-0.39, 0.29) is 5.92 Å². The number of hydrogen-bond acceptors (Lipinski definition) is 6. The Kier molecular flexibility index (Phi) is 8.70. The smallest absolute Gasteiger partial charge is 0.226 e. The number of thioether (sulfide) groups is 1. The molecule has 0 bridgehead atoms. The lowest BCUT2D eigenvalue weighted by atomic mass is 9.85. The normalized spacial score (nSPS) is 21.0. The molecule has 3 aliphatic rings. The van der Waals surface area contributed by atoms with Gasteiger partial charge in [-0.3, -0.25) is 4.79 Å². The number of ether oxygens (including phenoxy) is 1. The largest absolute Gasteiger partial charge is 0.493 e. The van der Waals surface area contributed by atoms with Crippen LogP contribution in [0.5, 0.6) is 5.75 Å². The molecule has 2 aliphatic heterocycles. The second-order valence-electron chi connectivity index (χ2n) is 10.6. The summed E-state index contributed by atoms with van der Waals surface area (Å²) in [6.07, 6.45) is 12.1. The summed E-state index contributed by atoms with van der Waals surface area (Å²) < 4.78 is 6.28. The molecule has 1 aromatic carbocycles. The zero-order chi connectivity index (χ0) is 25.6. The fourth-order valence-electron chi connectivity index (χ4n) is 5.57. The number of carbonyl (C=O) groups is 1. The average molecular weight is 521 g/mol. The van der Waals surface area contributed by atoms with Gasteiger partial charge in [0.05, 0.1) is 6.61 Å². The summed E-state index contributed by atoms with van der Waals surface area (Å²) in [6, 6.07) is 6.58. The lowest BCUT2D eigenvalue weighted by molar-refractivity contribution is -0.135. The third-order valence-electron chi connectivity index (χ3n) is 8.10. The molecule has 0 spiro atoms. The summed E-state index contributed by atoms with van der Waals surface area (Å²) in [4.78, 5) is 26.3. The minimum absolute atomic E-state index is 0.157. The molecule has 1 aliphatic carbocycles. The molecule has 3 heterocycles. The van der Waals surface area contributed by atoms with Gasteiger partial charge in [0.15, 0.2) is 0 Å². The van der Waals surface area contributed by atoms with Gasteiger partial charge in [0.25, 0.3) is 0 Å². The number of amides is 1. The predicted molar refractivity (Wildman–Crippen MR) is 152 cm³/mol. The first-order valence-corrected chi connectivity index (χ1v) is 15.1. The third kappa shape index (κ3) is 6.49. The first-order chi connectivity index (χ1) is 18.1. The van der Waals surface area contributed by atoms with E-state index in [2.05, 4.69) is 57.9 Å². The molecule has 2 saturated heterocycles. The molecule has 0 saturated carbocycles. The van der Waals surface area contributed by atoms with Crippen LogP contribution in [0.2, 0.25) is 0 Å². The van der Waals surface area contributed by atoms with Crippen molar-refractivity contribution in [2.45, 2.75) is 52.4 Å². The maximum atomic E-state index is 12.9. The summed E-state index contributed by atoms with van der Waals surface area (Å²) in [7, 11) is 0. The summed E-state index contributed by atoms with van der Waals surface area (Å²) in [5, 5.41) is 0. The number of benzene rings is 1. The maximum Gasteiger partial charge on any atom is 0.226 e. The second kappa shape index (κ2) is 12.3. The Hall–Kier alpha value is -2.54. The molecule has 2 aromatic rings. The molecule has 6 nitrogen and oxygen atoms in total. The highest BCUT2D eigenvalue weighted by Gasteiger charge is 2.27. The van der Waals surface area contributed by atoms with Crippen LogP contribution in [0.15, 0.2) is 36.7 Å². The van der Waals surface area contributed by atoms with E-state index in [0.717, 1.165) is 94.5 Å². The molecule has 0 radical (unpaired) electrons. The van der Waals surface area contributed by atoms with Crippen molar-refractivity contribution in [1.82, 2.24) is 14.9 Å². The Morgan fingerprint density at radius 2 is 1.84 bits per heavy atom. The van der Waals surface area contributed by atoms with E-state index in [4.69, 9.17) is 4.74 Å². The van der Waals surface area contributed by atoms with Crippen LogP contribution >= 0.6 is 11.8 Å². The standard InChI is InChI=1S/C30H40N4O2S/c1-3-23-19-31-30(32-20-23)34-12-10-24(11-13-34)21-36-28-9-8-27(18-22(28)2)25-4-6-26(7-5-25)29(35)33-14-16-37-17-15-33/h4,8-9,18-20,24,26H,3,5-7,10-17,21H2,1-2H3. The average Bonchev–Trinajstić information content (AvgIpc) is 2.97. The van der Waals surface area contributed by atoms with E-state index in [9.17, 15) is 4.79 Å². The van der Waals surface area contributed by atoms with Crippen molar-refractivity contribution in [2.24, 2.45) is 11.8 Å².